The number of benzene rings is 2. The molecule has 0 saturated heterocycles. The second kappa shape index (κ2) is 10.1. The van der Waals surface area contributed by atoms with Gasteiger partial charge in [-0.15, -0.1) is 0 Å². The van der Waals surface area contributed by atoms with E-state index >= 15 is 0 Å². The largest absolute Gasteiger partial charge is 1.00 e. The van der Waals surface area contributed by atoms with Crippen LogP contribution in [0.15, 0.2) is 42.5 Å². The maximum absolute atomic E-state index is 5.42. The monoisotopic (exact) mass is 494 g/mol. The summed E-state index contributed by atoms with van der Waals surface area (Å²) < 4.78 is 9.13. The molecule has 0 aliphatic heterocycles. The van der Waals surface area contributed by atoms with Crippen LogP contribution in [0.25, 0.3) is 22.4 Å². The lowest BCUT2D eigenvalue weighted by Crippen LogP contribution is -3.00. The van der Waals surface area contributed by atoms with E-state index in [1.165, 1.54) is 39.3 Å². The molecule has 0 unspecified atom stereocenters. The summed E-state index contributed by atoms with van der Waals surface area (Å²) in [5.41, 5.74) is 3.69. The van der Waals surface area contributed by atoms with Gasteiger partial charge < -0.3 is 33.6 Å². The molecule has 3 aromatic rings. The number of anilines is 1. The first-order chi connectivity index (χ1) is 12.6. The number of fused-ring (bicyclic) bond motifs is 1. The van der Waals surface area contributed by atoms with Gasteiger partial charge in [-0.2, -0.15) is 4.57 Å². The number of hydrogen-bond donors (Lipinski definition) is 0. The summed E-state index contributed by atoms with van der Waals surface area (Å²) in [6, 6.07) is 15.0. The molecule has 2 aromatic carbocycles. The van der Waals surface area contributed by atoms with Crippen LogP contribution < -0.4 is 38.2 Å². The molecule has 27 heavy (non-hydrogen) atoms. The number of methoxy groups -OCH3 is 1. The zero-order valence-corrected chi connectivity index (χ0v) is 19.4. The van der Waals surface area contributed by atoms with Gasteiger partial charge in [-0.1, -0.05) is 36.8 Å². The first-order valence-corrected chi connectivity index (χ1v) is 9.90. The van der Waals surface area contributed by atoms with Gasteiger partial charge in [0.25, 0.3) is 5.01 Å². The van der Waals surface area contributed by atoms with E-state index in [1.54, 1.807) is 7.11 Å². The van der Waals surface area contributed by atoms with Gasteiger partial charge >= 0.3 is 0 Å². The number of rotatable bonds is 7. The minimum atomic E-state index is 0. The lowest BCUT2D eigenvalue weighted by Gasteiger charge is -2.11. The van der Waals surface area contributed by atoms with Crippen LogP contribution in [0.1, 0.15) is 30.3 Å². The smallest absolute Gasteiger partial charge is 0.262 e. The van der Waals surface area contributed by atoms with Crippen molar-refractivity contribution in [1.29, 1.82) is 0 Å². The molecule has 0 amide bonds. The fourth-order valence-corrected chi connectivity index (χ4v) is 4.00. The van der Waals surface area contributed by atoms with Gasteiger partial charge in [0.15, 0.2) is 6.54 Å². The number of halogens is 1. The van der Waals surface area contributed by atoms with Crippen molar-refractivity contribution in [3.8, 4) is 5.75 Å². The molecule has 0 bridgehead atoms. The third-order valence-electron chi connectivity index (χ3n) is 4.50. The second-order valence-electron chi connectivity index (χ2n) is 6.60. The normalized spacial score (nSPS) is 11.0. The minimum absolute atomic E-state index is 0. The van der Waals surface area contributed by atoms with Gasteiger partial charge in [0.1, 0.15) is 10.4 Å². The summed E-state index contributed by atoms with van der Waals surface area (Å²) in [7, 11) is 5.85. The lowest BCUT2D eigenvalue weighted by atomic mass is 10.2. The van der Waals surface area contributed by atoms with Crippen molar-refractivity contribution in [2.45, 2.75) is 26.3 Å². The number of aromatic nitrogens is 1. The first kappa shape index (κ1) is 21.7. The number of nitrogens with zero attached hydrogens (tertiary/aromatic N) is 2. The van der Waals surface area contributed by atoms with Crippen molar-refractivity contribution in [2.24, 2.45) is 0 Å². The highest BCUT2D eigenvalue weighted by atomic mass is 127. The van der Waals surface area contributed by atoms with Gasteiger partial charge in [-0.3, -0.25) is 0 Å². The molecular formula is C22H27IN2OS. The predicted octanol–water partition coefficient (Wildman–Crippen LogP) is 2.24. The Labute approximate surface area is 183 Å². The molecule has 0 N–H and O–H groups in total. The number of unbranched alkanes of at least 4 members (excludes halogenated alkanes) is 1. The Hall–Kier alpha value is -1.60. The van der Waals surface area contributed by atoms with E-state index < -0.39 is 0 Å². The van der Waals surface area contributed by atoms with Crippen LogP contribution in [0, 0.1) is 0 Å². The molecule has 0 atom stereocenters. The maximum atomic E-state index is 5.42. The zero-order chi connectivity index (χ0) is 18.5. The molecule has 1 aromatic heterocycles. The van der Waals surface area contributed by atoms with Crippen LogP contribution in [0.5, 0.6) is 5.75 Å². The Kier molecular flexibility index (Phi) is 8.10. The molecule has 5 heteroatoms. The molecule has 0 saturated carbocycles. The van der Waals surface area contributed by atoms with Gasteiger partial charge in [0.2, 0.25) is 5.52 Å². The molecule has 3 nitrogen and oxygen atoms in total. The average Bonchev–Trinajstić information content (AvgIpc) is 3.01. The van der Waals surface area contributed by atoms with Crippen molar-refractivity contribution in [3.63, 3.8) is 0 Å². The molecule has 1 heterocycles. The van der Waals surface area contributed by atoms with Crippen molar-refractivity contribution in [3.05, 3.63) is 53.0 Å². The maximum Gasteiger partial charge on any atom is 0.262 e. The molecule has 0 spiro atoms. The topological polar surface area (TPSA) is 16.4 Å². The van der Waals surface area contributed by atoms with Crippen LogP contribution in [0.4, 0.5) is 5.69 Å². The molecule has 0 aliphatic rings. The van der Waals surface area contributed by atoms with Crippen LogP contribution in [-0.2, 0) is 6.54 Å². The highest BCUT2D eigenvalue weighted by molar-refractivity contribution is 7.18. The molecule has 0 aliphatic carbocycles. The van der Waals surface area contributed by atoms with Crippen LogP contribution in [0.2, 0.25) is 0 Å². The molecule has 0 radical (unpaired) electrons. The Morgan fingerprint density at radius 2 is 1.81 bits per heavy atom. The van der Waals surface area contributed by atoms with Crippen molar-refractivity contribution in [2.75, 3.05) is 26.1 Å². The van der Waals surface area contributed by atoms with Gasteiger partial charge in [-0.05, 0) is 35.9 Å². The Bertz CT molecular complexity index is 901. The second-order valence-corrected chi connectivity index (χ2v) is 7.66. The predicted molar refractivity (Wildman–Crippen MR) is 113 cm³/mol. The van der Waals surface area contributed by atoms with E-state index in [0.29, 0.717) is 0 Å². The molecule has 0 fully saturated rings. The highest BCUT2D eigenvalue weighted by Crippen LogP contribution is 2.26. The molecule has 144 valence electrons. The van der Waals surface area contributed by atoms with E-state index in [2.05, 4.69) is 79.0 Å². The minimum Gasteiger partial charge on any atom is -1.00 e. The summed E-state index contributed by atoms with van der Waals surface area (Å²) in [6.07, 6.45) is 6.79. The standard InChI is InChI=1S/C22H27N2OS.HI/c1-5-6-15-24-20-16-19(25-4)12-13-21(20)26-22(24)14-9-17-7-10-18(11-8-17)23(2)3;/h7-14,16H,5-6,15H2,1-4H3;1H/q+1;/p-1. The van der Waals surface area contributed by atoms with Gasteiger partial charge in [0.05, 0.1) is 13.2 Å². The van der Waals surface area contributed by atoms with E-state index in [0.717, 1.165) is 12.3 Å². The molecular weight excluding hydrogens is 467 g/mol. The van der Waals surface area contributed by atoms with Crippen LogP contribution >= 0.6 is 11.3 Å². The van der Waals surface area contributed by atoms with E-state index in [4.69, 9.17) is 4.74 Å². The Morgan fingerprint density at radius 3 is 2.44 bits per heavy atom. The number of thiazole rings is 1. The summed E-state index contributed by atoms with van der Waals surface area (Å²) in [5.74, 6) is 0.912. The Morgan fingerprint density at radius 1 is 1.07 bits per heavy atom. The fraction of sp³-hybridized carbons (Fsp3) is 0.318. The summed E-state index contributed by atoms with van der Waals surface area (Å²) in [4.78, 5) is 2.12. The molecule has 3 rings (SSSR count). The van der Waals surface area contributed by atoms with E-state index in [1.807, 2.05) is 17.4 Å². The summed E-state index contributed by atoms with van der Waals surface area (Å²) in [6.45, 7) is 3.26. The quantitative estimate of drug-likeness (QED) is 0.370. The van der Waals surface area contributed by atoms with Crippen LogP contribution in [0.3, 0.4) is 0 Å². The SMILES string of the molecule is CCCC[n+]1c(/C=C/c2ccc(N(C)C)cc2)sc2ccc(OC)cc21.[I-]. The van der Waals surface area contributed by atoms with Crippen molar-refractivity contribution < 1.29 is 33.3 Å². The van der Waals surface area contributed by atoms with E-state index in [9.17, 15) is 0 Å². The summed E-state index contributed by atoms with van der Waals surface area (Å²) in [5, 5.41) is 1.28. The summed E-state index contributed by atoms with van der Waals surface area (Å²) >= 11 is 1.83. The fourth-order valence-electron chi connectivity index (χ4n) is 2.93. The van der Waals surface area contributed by atoms with Crippen LogP contribution in [-0.4, -0.2) is 21.2 Å². The number of aryl methyl sites for hydroxylation is 1. The zero-order valence-electron chi connectivity index (χ0n) is 16.4. The lowest BCUT2D eigenvalue weighted by molar-refractivity contribution is -0.669. The average molecular weight is 494 g/mol. The number of ether oxygens (including phenoxy) is 1. The third kappa shape index (κ3) is 5.23. The van der Waals surface area contributed by atoms with Crippen molar-refractivity contribution in [1.82, 2.24) is 0 Å². The third-order valence-corrected chi connectivity index (χ3v) is 5.63. The Balaban J connectivity index is 0.00000261. The first-order valence-electron chi connectivity index (χ1n) is 9.08. The highest BCUT2D eigenvalue weighted by Gasteiger charge is 2.18. The van der Waals surface area contributed by atoms with Crippen molar-refractivity contribution >= 4 is 39.4 Å². The van der Waals surface area contributed by atoms with Gasteiger partial charge in [-0.25, -0.2) is 0 Å². The van der Waals surface area contributed by atoms with E-state index in [-0.39, 0.29) is 24.0 Å². The van der Waals surface area contributed by atoms with Gasteiger partial charge in [0, 0.05) is 32.3 Å². The number of hydrogen-bond acceptors (Lipinski definition) is 3.